The van der Waals surface area contributed by atoms with Crippen LogP contribution in [-0.4, -0.2) is 20.3 Å². The van der Waals surface area contributed by atoms with Gasteiger partial charge in [0.25, 0.3) is 0 Å². The van der Waals surface area contributed by atoms with Gasteiger partial charge in [0.05, 0.1) is 13.1 Å². The van der Waals surface area contributed by atoms with Crippen molar-refractivity contribution in [2.24, 2.45) is 0 Å². The molecule has 0 saturated carbocycles. The van der Waals surface area contributed by atoms with E-state index >= 15 is 0 Å². The first-order chi connectivity index (χ1) is 8.92. The molecule has 1 heterocycles. The molecule has 0 amide bonds. The molecule has 1 aromatic heterocycles. The molecule has 0 radical (unpaired) electrons. The van der Waals surface area contributed by atoms with Crippen LogP contribution in [0.25, 0.3) is 0 Å². The molecule has 1 aromatic carbocycles. The van der Waals surface area contributed by atoms with Crippen molar-refractivity contribution in [2.75, 3.05) is 0 Å². The van der Waals surface area contributed by atoms with Gasteiger partial charge in [-0.1, -0.05) is 29.8 Å². The van der Waals surface area contributed by atoms with Gasteiger partial charge in [-0.2, -0.15) is 5.10 Å². The molecule has 0 fully saturated rings. The lowest BCUT2D eigenvalue weighted by Gasteiger charge is -2.19. The second kappa shape index (κ2) is 5.53. The summed E-state index contributed by atoms with van der Waals surface area (Å²) >= 11 is 0. The molecule has 0 spiro atoms. The highest BCUT2D eigenvalue weighted by molar-refractivity contribution is 5.22. The molecule has 0 aliphatic rings. The molecule has 4 heteroatoms. The van der Waals surface area contributed by atoms with E-state index in [1.54, 1.807) is 6.33 Å². The second-order valence-corrected chi connectivity index (χ2v) is 5.95. The molecule has 4 nitrogen and oxygen atoms in total. The average Bonchev–Trinajstić information content (AvgIpc) is 2.73. The number of nitrogens with one attached hydrogen (secondary N) is 1. The van der Waals surface area contributed by atoms with Gasteiger partial charge in [-0.15, -0.1) is 0 Å². The lowest BCUT2D eigenvalue weighted by molar-refractivity contribution is 0.417. The van der Waals surface area contributed by atoms with Gasteiger partial charge in [0.15, 0.2) is 5.82 Å². The zero-order valence-corrected chi connectivity index (χ0v) is 12.1. The zero-order chi connectivity index (χ0) is 13.9. The molecule has 0 unspecified atom stereocenters. The normalized spacial score (nSPS) is 11.8. The summed E-state index contributed by atoms with van der Waals surface area (Å²) in [7, 11) is 0. The summed E-state index contributed by atoms with van der Waals surface area (Å²) < 4.78 is 1.88. The van der Waals surface area contributed by atoms with Crippen LogP contribution in [0.3, 0.4) is 0 Å². The smallest absolute Gasteiger partial charge is 0.164 e. The van der Waals surface area contributed by atoms with Crippen LogP contribution in [0.1, 0.15) is 37.7 Å². The topological polar surface area (TPSA) is 42.7 Å². The van der Waals surface area contributed by atoms with E-state index in [1.807, 2.05) is 4.68 Å². The van der Waals surface area contributed by atoms with Crippen molar-refractivity contribution in [3.05, 3.63) is 47.5 Å². The number of benzene rings is 1. The van der Waals surface area contributed by atoms with Crippen LogP contribution in [0.2, 0.25) is 0 Å². The molecule has 0 aliphatic heterocycles. The molecule has 0 saturated heterocycles. The van der Waals surface area contributed by atoms with Crippen LogP contribution in [0, 0.1) is 6.92 Å². The lowest BCUT2D eigenvalue weighted by atomic mass is 10.1. The minimum atomic E-state index is 0.0853. The average molecular weight is 258 g/mol. The summed E-state index contributed by atoms with van der Waals surface area (Å²) in [6.07, 6.45) is 1.79. The molecule has 0 bridgehead atoms. The first kappa shape index (κ1) is 13.7. The van der Waals surface area contributed by atoms with Crippen LogP contribution in [0.15, 0.2) is 30.6 Å². The Morgan fingerprint density at radius 3 is 2.74 bits per heavy atom. The minimum absolute atomic E-state index is 0.0853. The third-order valence-corrected chi connectivity index (χ3v) is 2.79. The van der Waals surface area contributed by atoms with Gasteiger partial charge in [0.1, 0.15) is 6.33 Å². The molecular weight excluding hydrogens is 236 g/mol. The fourth-order valence-corrected chi connectivity index (χ4v) is 1.83. The number of aryl methyl sites for hydroxylation is 1. The number of rotatable bonds is 4. The third kappa shape index (κ3) is 4.48. The highest BCUT2D eigenvalue weighted by Gasteiger charge is 2.10. The van der Waals surface area contributed by atoms with Crippen molar-refractivity contribution < 1.29 is 0 Å². The minimum Gasteiger partial charge on any atom is -0.305 e. The van der Waals surface area contributed by atoms with Gasteiger partial charge in [-0.25, -0.2) is 9.67 Å². The Hall–Kier alpha value is -1.68. The van der Waals surface area contributed by atoms with E-state index in [0.717, 1.165) is 12.4 Å². The van der Waals surface area contributed by atoms with E-state index in [1.165, 1.54) is 11.1 Å². The molecule has 2 rings (SSSR count). The fraction of sp³-hybridized carbons (Fsp3) is 0.467. The van der Waals surface area contributed by atoms with E-state index in [9.17, 15) is 0 Å². The van der Waals surface area contributed by atoms with E-state index in [4.69, 9.17) is 0 Å². The van der Waals surface area contributed by atoms with Crippen LogP contribution >= 0.6 is 0 Å². The van der Waals surface area contributed by atoms with Crippen molar-refractivity contribution >= 4 is 0 Å². The highest BCUT2D eigenvalue weighted by Crippen LogP contribution is 2.06. The van der Waals surface area contributed by atoms with E-state index in [-0.39, 0.29) is 5.54 Å². The predicted octanol–water partition coefficient (Wildman–Crippen LogP) is 2.52. The summed E-state index contributed by atoms with van der Waals surface area (Å²) in [4.78, 5) is 4.33. The van der Waals surface area contributed by atoms with Crippen molar-refractivity contribution in [3.63, 3.8) is 0 Å². The molecule has 1 N–H and O–H groups in total. The number of hydrogen-bond acceptors (Lipinski definition) is 3. The molecular formula is C15H22N4. The van der Waals surface area contributed by atoms with E-state index in [2.05, 4.69) is 67.4 Å². The van der Waals surface area contributed by atoms with Crippen LogP contribution in [-0.2, 0) is 13.1 Å². The lowest BCUT2D eigenvalue weighted by Crippen LogP contribution is -2.35. The van der Waals surface area contributed by atoms with Gasteiger partial charge in [-0.3, -0.25) is 0 Å². The first-order valence-electron chi connectivity index (χ1n) is 6.61. The Morgan fingerprint density at radius 2 is 2.05 bits per heavy atom. The van der Waals surface area contributed by atoms with Crippen molar-refractivity contribution in [2.45, 2.75) is 46.3 Å². The Morgan fingerprint density at radius 1 is 1.26 bits per heavy atom. The monoisotopic (exact) mass is 258 g/mol. The van der Waals surface area contributed by atoms with Crippen LogP contribution in [0.4, 0.5) is 0 Å². The largest absolute Gasteiger partial charge is 0.305 e. The standard InChI is InChI=1S/C15H22N4/c1-12-6-5-7-13(8-12)10-19-11-16-14(18-19)9-17-15(2,3)4/h5-8,11,17H,9-10H2,1-4H3. The van der Waals surface area contributed by atoms with Gasteiger partial charge >= 0.3 is 0 Å². The number of aromatic nitrogens is 3. The Bertz CT molecular complexity index is 537. The van der Waals surface area contributed by atoms with Crippen molar-refractivity contribution in [1.29, 1.82) is 0 Å². The quantitative estimate of drug-likeness (QED) is 0.916. The maximum Gasteiger partial charge on any atom is 0.164 e. The summed E-state index contributed by atoms with van der Waals surface area (Å²) in [5.41, 5.74) is 2.61. The predicted molar refractivity (Wildman–Crippen MR) is 76.9 cm³/mol. The molecule has 102 valence electrons. The van der Waals surface area contributed by atoms with E-state index < -0.39 is 0 Å². The first-order valence-corrected chi connectivity index (χ1v) is 6.61. The van der Waals surface area contributed by atoms with Crippen LogP contribution < -0.4 is 5.32 Å². The Kier molecular flexibility index (Phi) is 4.00. The van der Waals surface area contributed by atoms with Crippen molar-refractivity contribution in [1.82, 2.24) is 20.1 Å². The van der Waals surface area contributed by atoms with Gasteiger partial charge < -0.3 is 5.32 Å². The maximum atomic E-state index is 4.48. The molecule has 0 atom stereocenters. The summed E-state index contributed by atoms with van der Waals surface area (Å²) in [6, 6.07) is 8.46. The molecule has 0 aliphatic carbocycles. The van der Waals surface area contributed by atoms with Crippen LogP contribution in [0.5, 0.6) is 0 Å². The molecule has 19 heavy (non-hydrogen) atoms. The zero-order valence-electron chi connectivity index (χ0n) is 12.1. The van der Waals surface area contributed by atoms with E-state index in [0.29, 0.717) is 6.54 Å². The van der Waals surface area contributed by atoms with Crippen molar-refractivity contribution in [3.8, 4) is 0 Å². The highest BCUT2D eigenvalue weighted by atomic mass is 15.3. The van der Waals surface area contributed by atoms with Gasteiger partial charge in [0, 0.05) is 5.54 Å². The van der Waals surface area contributed by atoms with Gasteiger partial charge in [-0.05, 0) is 33.3 Å². The fourth-order valence-electron chi connectivity index (χ4n) is 1.83. The maximum absolute atomic E-state index is 4.48. The number of nitrogens with zero attached hydrogens (tertiary/aromatic N) is 3. The third-order valence-electron chi connectivity index (χ3n) is 2.79. The number of hydrogen-bond donors (Lipinski definition) is 1. The van der Waals surface area contributed by atoms with Gasteiger partial charge in [0.2, 0.25) is 0 Å². The Labute approximate surface area is 114 Å². The summed E-state index contributed by atoms with van der Waals surface area (Å²) in [5.74, 6) is 0.836. The second-order valence-electron chi connectivity index (χ2n) is 5.95. The molecule has 2 aromatic rings. The SMILES string of the molecule is Cc1cccc(Cn2cnc(CNC(C)(C)C)n2)c1. The summed E-state index contributed by atoms with van der Waals surface area (Å²) in [5, 5.41) is 7.87. The Balaban J connectivity index is 1.97. The summed E-state index contributed by atoms with van der Waals surface area (Å²) in [6.45, 7) is 9.97.